The lowest BCUT2D eigenvalue weighted by molar-refractivity contribution is -0.142. The van der Waals surface area contributed by atoms with E-state index >= 15 is 0 Å². The van der Waals surface area contributed by atoms with Gasteiger partial charge in [0.15, 0.2) is 6.61 Å². The van der Waals surface area contributed by atoms with Crippen LogP contribution in [0, 0.1) is 13.8 Å². The Morgan fingerprint density at radius 1 is 1.03 bits per heavy atom. The van der Waals surface area contributed by atoms with Crippen LogP contribution >= 0.6 is 0 Å². The number of rotatable bonds is 9. The van der Waals surface area contributed by atoms with Crippen molar-refractivity contribution in [2.75, 3.05) is 13.7 Å². The maximum Gasteiger partial charge on any atom is 0.261 e. The van der Waals surface area contributed by atoms with Crippen molar-refractivity contribution in [3.05, 3.63) is 59.2 Å². The predicted octanol–water partition coefficient (Wildman–Crippen LogP) is 3.63. The number of nitrogens with zero attached hydrogens (tertiary/aromatic N) is 1. The molecule has 2 aromatic rings. The monoisotopic (exact) mass is 412 g/mol. The topological polar surface area (TPSA) is 67.9 Å². The van der Waals surface area contributed by atoms with Gasteiger partial charge in [0.2, 0.25) is 5.91 Å². The number of ether oxygens (including phenoxy) is 2. The number of hydrogen-bond acceptors (Lipinski definition) is 4. The van der Waals surface area contributed by atoms with Crippen LogP contribution in [0.5, 0.6) is 11.5 Å². The highest BCUT2D eigenvalue weighted by Crippen LogP contribution is 2.20. The second kappa shape index (κ2) is 10.7. The van der Waals surface area contributed by atoms with Crippen LogP contribution in [0.2, 0.25) is 0 Å². The molecule has 0 bridgehead atoms. The molecule has 2 aromatic carbocycles. The number of methoxy groups -OCH3 is 1. The van der Waals surface area contributed by atoms with Crippen LogP contribution in [0.25, 0.3) is 0 Å². The lowest BCUT2D eigenvalue weighted by Gasteiger charge is -2.29. The third-order valence-corrected chi connectivity index (χ3v) is 4.79. The number of amides is 2. The van der Waals surface area contributed by atoms with Crippen molar-refractivity contribution in [2.24, 2.45) is 0 Å². The summed E-state index contributed by atoms with van der Waals surface area (Å²) < 4.78 is 11.0. The molecule has 30 heavy (non-hydrogen) atoms. The molecule has 6 nitrogen and oxygen atoms in total. The van der Waals surface area contributed by atoms with Gasteiger partial charge in [-0.1, -0.05) is 29.8 Å². The maximum absolute atomic E-state index is 13.1. The summed E-state index contributed by atoms with van der Waals surface area (Å²) in [6.45, 7) is 9.63. The minimum Gasteiger partial charge on any atom is -0.497 e. The fourth-order valence-corrected chi connectivity index (χ4v) is 3.10. The number of nitrogens with one attached hydrogen (secondary N) is 1. The zero-order valence-electron chi connectivity index (χ0n) is 18.7. The molecule has 6 heteroatoms. The first-order valence-electron chi connectivity index (χ1n) is 10.1. The zero-order chi connectivity index (χ0) is 22.3. The molecule has 0 aliphatic carbocycles. The van der Waals surface area contributed by atoms with Crippen molar-refractivity contribution >= 4 is 11.8 Å². The molecule has 0 fully saturated rings. The van der Waals surface area contributed by atoms with Crippen LogP contribution in [-0.4, -0.2) is 42.5 Å². The van der Waals surface area contributed by atoms with E-state index in [4.69, 9.17) is 9.47 Å². The van der Waals surface area contributed by atoms with Gasteiger partial charge in [-0.05, 0) is 63.9 Å². The highest BCUT2D eigenvalue weighted by Gasteiger charge is 2.27. The average molecular weight is 413 g/mol. The molecule has 0 radical (unpaired) electrons. The van der Waals surface area contributed by atoms with Gasteiger partial charge in [0.05, 0.1) is 7.11 Å². The molecular formula is C24H32N2O4. The van der Waals surface area contributed by atoms with Gasteiger partial charge in [-0.25, -0.2) is 0 Å². The van der Waals surface area contributed by atoms with Gasteiger partial charge in [0.25, 0.3) is 5.91 Å². The van der Waals surface area contributed by atoms with Crippen molar-refractivity contribution in [1.29, 1.82) is 0 Å². The lowest BCUT2D eigenvalue weighted by Crippen LogP contribution is -2.50. The fraction of sp³-hybridized carbons (Fsp3) is 0.417. The molecule has 0 saturated carbocycles. The Balaban J connectivity index is 2.17. The van der Waals surface area contributed by atoms with E-state index in [-0.39, 0.29) is 24.5 Å². The van der Waals surface area contributed by atoms with Crippen LogP contribution in [0.1, 0.15) is 37.5 Å². The van der Waals surface area contributed by atoms with Gasteiger partial charge in [-0.15, -0.1) is 0 Å². The summed E-state index contributed by atoms with van der Waals surface area (Å²) in [7, 11) is 1.60. The largest absolute Gasteiger partial charge is 0.497 e. The molecule has 0 spiro atoms. The molecule has 0 aromatic heterocycles. The van der Waals surface area contributed by atoms with Crippen LogP contribution in [0.15, 0.2) is 42.5 Å². The summed E-state index contributed by atoms with van der Waals surface area (Å²) in [5.41, 5.74) is 3.00. The molecule has 2 amide bonds. The summed E-state index contributed by atoms with van der Waals surface area (Å²) in [4.78, 5) is 27.2. The van der Waals surface area contributed by atoms with E-state index < -0.39 is 6.04 Å². The highest BCUT2D eigenvalue weighted by molar-refractivity contribution is 5.88. The first-order valence-corrected chi connectivity index (χ1v) is 10.1. The van der Waals surface area contributed by atoms with Gasteiger partial charge in [-0.3, -0.25) is 9.59 Å². The summed E-state index contributed by atoms with van der Waals surface area (Å²) >= 11 is 0. The first-order chi connectivity index (χ1) is 14.2. The van der Waals surface area contributed by atoms with Gasteiger partial charge >= 0.3 is 0 Å². The van der Waals surface area contributed by atoms with Crippen LogP contribution < -0.4 is 14.8 Å². The average Bonchev–Trinajstić information content (AvgIpc) is 2.70. The normalized spacial score (nSPS) is 11.7. The summed E-state index contributed by atoms with van der Waals surface area (Å²) in [5.74, 6) is 0.952. The van der Waals surface area contributed by atoms with Crippen molar-refractivity contribution in [2.45, 2.75) is 53.2 Å². The summed E-state index contributed by atoms with van der Waals surface area (Å²) in [6.07, 6.45) is 0. The number of carbonyl (C=O) groups excluding carboxylic acids is 2. The molecule has 1 unspecified atom stereocenters. The van der Waals surface area contributed by atoms with Gasteiger partial charge in [-0.2, -0.15) is 0 Å². The Bertz CT molecular complexity index is 862. The number of carbonyl (C=O) groups is 2. The number of hydrogen-bond donors (Lipinski definition) is 1. The Kier molecular flexibility index (Phi) is 8.27. The van der Waals surface area contributed by atoms with E-state index in [0.29, 0.717) is 12.3 Å². The van der Waals surface area contributed by atoms with E-state index in [1.807, 2.05) is 70.2 Å². The van der Waals surface area contributed by atoms with Crippen LogP contribution in [-0.2, 0) is 16.1 Å². The molecule has 0 aliphatic rings. The zero-order valence-corrected chi connectivity index (χ0v) is 18.7. The molecule has 1 N–H and O–H groups in total. The Hall–Kier alpha value is -3.02. The van der Waals surface area contributed by atoms with Gasteiger partial charge in [0.1, 0.15) is 17.5 Å². The van der Waals surface area contributed by atoms with Crippen LogP contribution in [0.3, 0.4) is 0 Å². The third-order valence-electron chi connectivity index (χ3n) is 4.79. The van der Waals surface area contributed by atoms with E-state index in [0.717, 1.165) is 22.4 Å². The van der Waals surface area contributed by atoms with E-state index in [1.54, 1.807) is 18.9 Å². The lowest BCUT2D eigenvalue weighted by atomic mass is 10.1. The second-order valence-corrected chi connectivity index (χ2v) is 7.77. The van der Waals surface area contributed by atoms with E-state index in [1.165, 1.54) is 0 Å². The maximum atomic E-state index is 13.1. The summed E-state index contributed by atoms with van der Waals surface area (Å²) in [5, 5.41) is 2.88. The SMILES string of the molecule is COc1ccc(CN(C(=O)COc2ccc(C)cc2C)C(C)C(=O)NC(C)C)cc1. The number of aryl methyl sites for hydroxylation is 2. The number of benzene rings is 2. The van der Waals surface area contributed by atoms with Crippen molar-refractivity contribution in [1.82, 2.24) is 10.2 Å². The smallest absolute Gasteiger partial charge is 0.261 e. The molecule has 2 rings (SSSR count). The molecule has 0 saturated heterocycles. The minimum absolute atomic E-state index is 0.00986. The quantitative estimate of drug-likeness (QED) is 0.683. The van der Waals surface area contributed by atoms with E-state index in [9.17, 15) is 9.59 Å². The van der Waals surface area contributed by atoms with Gasteiger partial charge < -0.3 is 19.7 Å². The minimum atomic E-state index is -0.635. The standard InChI is InChI=1S/C24H32N2O4/c1-16(2)25-24(28)19(5)26(14-20-8-10-21(29-6)11-9-20)23(27)15-30-22-12-7-17(3)13-18(22)4/h7-13,16,19H,14-15H2,1-6H3,(H,25,28). The Morgan fingerprint density at radius 2 is 1.70 bits per heavy atom. The highest BCUT2D eigenvalue weighted by atomic mass is 16.5. The Morgan fingerprint density at radius 3 is 2.27 bits per heavy atom. The first kappa shape index (κ1) is 23.3. The Labute approximate surface area is 179 Å². The van der Waals surface area contributed by atoms with Crippen molar-refractivity contribution < 1.29 is 19.1 Å². The van der Waals surface area contributed by atoms with Gasteiger partial charge in [0, 0.05) is 12.6 Å². The molecular weight excluding hydrogens is 380 g/mol. The second-order valence-electron chi connectivity index (χ2n) is 7.77. The predicted molar refractivity (Wildman–Crippen MR) is 118 cm³/mol. The fourth-order valence-electron chi connectivity index (χ4n) is 3.10. The van der Waals surface area contributed by atoms with Crippen molar-refractivity contribution in [3.63, 3.8) is 0 Å². The molecule has 162 valence electrons. The molecule has 0 aliphatic heterocycles. The third kappa shape index (κ3) is 6.51. The van der Waals surface area contributed by atoms with Crippen LogP contribution in [0.4, 0.5) is 0 Å². The van der Waals surface area contributed by atoms with E-state index in [2.05, 4.69) is 5.32 Å². The summed E-state index contributed by atoms with van der Waals surface area (Å²) in [6, 6.07) is 12.6. The molecule has 0 heterocycles. The van der Waals surface area contributed by atoms with Crippen molar-refractivity contribution in [3.8, 4) is 11.5 Å². The molecule has 1 atom stereocenters.